The van der Waals surface area contributed by atoms with E-state index in [-0.39, 0.29) is 31.6 Å². The number of halogens is 2. The molecule has 3 amide bonds. The van der Waals surface area contributed by atoms with Crippen LogP contribution in [-0.4, -0.2) is 55.1 Å². The van der Waals surface area contributed by atoms with Gasteiger partial charge in [-0.1, -0.05) is 29.6 Å². The van der Waals surface area contributed by atoms with E-state index < -0.39 is 12.0 Å². The molecule has 0 bridgehead atoms. The van der Waals surface area contributed by atoms with Crippen LogP contribution in [0, 0.1) is 0 Å². The number of benzene rings is 1. The molecule has 30 heavy (non-hydrogen) atoms. The highest BCUT2D eigenvalue weighted by Gasteiger charge is 2.32. The zero-order valence-corrected chi connectivity index (χ0v) is 18.1. The molecule has 8 nitrogen and oxygen atoms in total. The molecular formula is C20H24Cl2N4O4. The van der Waals surface area contributed by atoms with E-state index in [2.05, 4.69) is 16.0 Å². The number of anilines is 1. The van der Waals surface area contributed by atoms with Crippen LogP contribution in [0.4, 0.5) is 10.5 Å². The van der Waals surface area contributed by atoms with Crippen LogP contribution in [0.25, 0.3) is 0 Å². The first-order chi connectivity index (χ1) is 14.4. The molecule has 0 spiro atoms. The second-order valence-corrected chi connectivity index (χ2v) is 7.90. The van der Waals surface area contributed by atoms with Crippen molar-refractivity contribution in [3.63, 3.8) is 0 Å². The molecule has 3 rings (SSSR count). The second kappa shape index (κ2) is 10.1. The molecule has 1 atom stereocenters. The van der Waals surface area contributed by atoms with Gasteiger partial charge in [-0.3, -0.25) is 9.69 Å². The Balaban J connectivity index is 1.76. The van der Waals surface area contributed by atoms with Crippen molar-refractivity contribution in [1.82, 2.24) is 15.5 Å². The van der Waals surface area contributed by atoms with Crippen LogP contribution in [-0.2, 0) is 14.3 Å². The lowest BCUT2D eigenvalue weighted by Crippen LogP contribution is -2.52. The molecule has 1 aromatic rings. The molecule has 0 saturated carbocycles. The summed E-state index contributed by atoms with van der Waals surface area (Å²) in [7, 11) is 0. The molecule has 162 valence electrons. The minimum absolute atomic E-state index is 0.0912. The van der Waals surface area contributed by atoms with E-state index in [1.165, 1.54) is 0 Å². The predicted octanol–water partition coefficient (Wildman–Crippen LogP) is 2.92. The van der Waals surface area contributed by atoms with Gasteiger partial charge in [-0.25, -0.2) is 9.59 Å². The van der Waals surface area contributed by atoms with Crippen molar-refractivity contribution >= 4 is 46.8 Å². The van der Waals surface area contributed by atoms with Crippen LogP contribution < -0.4 is 16.0 Å². The number of amides is 3. The first-order valence-electron chi connectivity index (χ1n) is 9.83. The van der Waals surface area contributed by atoms with Gasteiger partial charge in [0, 0.05) is 17.9 Å². The molecule has 1 unspecified atom stereocenters. The summed E-state index contributed by atoms with van der Waals surface area (Å²) in [5.41, 5.74) is 1.39. The van der Waals surface area contributed by atoms with Gasteiger partial charge >= 0.3 is 12.0 Å². The van der Waals surface area contributed by atoms with Crippen molar-refractivity contribution < 1.29 is 19.1 Å². The van der Waals surface area contributed by atoms with Gasteiger partial charge in [-0.05, 0) is 44.5 Å². The fraction of sp³-hybridized carbons (Fsp3) is 0.450. The molecule has 0 aliphatic carbocycles. The number of hydrogen-bond donors (Lipinski definition) is 3. The number of hydrogen-bond acceptors (Lipinski definition) is 5. The summed E-state index contributed by atoms with van der Waals surface area (Å²) < 4.78 is 5.10. The lowest BCUT2D eigenvalue weighted by molar-refractivity contribution is -0.138. The lowest BCUT2D eigenvalue weighted by Gasteiger charge is -2.36. The van der Waals surface area contributed by atoms with Crippen molar-refractivity contribution in [2.45, 2.75) is 32.2 Å². The van der Waals surface area contributed by atoms with Crippen LogP contribution in [0.3, 0.4) is 0 Å². The molecular weight excluding hydrogens is 431 g/mol. The van der Waals surface area contributed by atoms with E-state index in [0.29, 0.717) is 40.0 Å². The van der Waals surface area contributed by atoms with Crippen molar-refractivity contribution in [3.8, 4) is 0 Å². The van der Waals surface area contributed by atoms with Crippen LogP contribution in [0.1, 0.15) is 26.2 Å². The molecule has 0 aromatic heterocycles. The third-order valence-electron chi connectivity index (χ3n) is 5.04. The Bertz CT molecular complexity index is 874. The van der Waals surface area contributed by atoms with E-state index in [0.717, 1.165) is 12.8 Å². The Morgan fingerprint density at radius 1 is 1.27 bits per heavy atom. The number of rotatable bonds is 6. The normalized spacial score (nSPS) is 19.7. The van der Waals surface area contributed by atoms with Crippen LogP contribution in [0.2, 0.25) is 10.0 Å². The van der Waals surface area contributed by atoms with Gasteiger partial charge in [0.2, 0.25) is 5.91 Å². The summed E-state index contributed by atoms with van der Waals surface area (Å²) in [6.07, 6.45) is 2.50. The Labute approximate surface area is 184 Å². The summed E-state index contributed by atoms with van der Waals surface area (Å²) in [5.74, 6) is -0.652. The fourth-order valence-electron chi connectivity index (χ4n) is 3.56. The van der Waals surface area contributed by atoms with Crippen molar-refractivity contribution in [2.75, 3.05) is 31.6 Å². The van der Waals surface area contributed by atoms with E-state index in [1.54, 1.807) is 25.1 Å². The third kappa shape index (κ3) is 5.44. The standard InChI is InChI=1S/C20H24Cl2N4O4/c1-2-30-19(28)13-10-23-20(29)25-16(13)11-26-8-4-3-5-17(26)18(27)24-12-6-7-14(21)15(22)9-12/h6-7,9,17H,2-5,8,10-11H2,1H3,(H,24,27)(H2,23,25,29). The molecule has 10 heteroatoms. The summed E-state index contributed by atoms with van der Waals surface area (Å²) >= 11 is 12.0. The number of carbonyl (C=O) groups excluding carboxylic acids is 3. The second-order valence-electron chi connectivity index (χ2n) is 7.09. The number of likely N-dealkylation sites (tertiary alicyclic amines) is 1. The van der Waals surface area contributed by atoms with Crippen LogP contribution in [0.15, 0.2) is 29.5 Å². The number of urea groups is 1. The number of esters is 1. The SMILES string of the molecule is CCOC(=O)C1=C(CN2CCCCC2C(=O)Nc2ccc(Cl)c(Cl)c2)NC(=O)NC1. The van der Waals surface area contributed by atoms with Crippen LogP contribution in [0.5, 0.6) is 0 Å². The maximum atomic E-state index is 13.0. The van der Waals surface area contributed by atoms with E-state index >= 15 is 0 Å². The van der Waals surface area contributed by atoms with E-state index in [9.17, 15) is 14.4 Å². The lowest BCUT2D eigenvalue weighted by atomic mass is 10.00. The quantitative estimate of drug-likeness (QED) is 0.573. The maximum absolute atomic E-state index is 13.0. The highest BCUT2D eigenvalue weighted by molar-refractivity contribution is 6.42. The Morgan fingerprint density at radius 3 is 2.80 bits per heavy atom. The van der Waals surface area contributed by atoms with E-state index in [1.807, 2.05) is 4.90 Å². The molecule has 1 aromatic carbocycles. The molecule has 3 N–H and O–H groups in total. The average Bonchev–Trinajstić information content (AvgIpc) is 2.71. The number of ether oxygens (including phenoxy) is 1. The van der Waals surface area contributed by atoms with Crippen molar-refractivity contribution in [3.05, 3.63) is 39.5 Å². The largest absolute Gasteiger partial charge is 0.463 e. The van der Waals surface area contributed by atoms with E-state index in [4.69, 9.17) is 27.9 Å². The topological polar surface area (TPSA) is 99.8 Å². The number of piperidine rings is 1. The Kier molecular flexibility index (Phi) is 7.58. The first kappa shape index (κ1) is 22.4. The predicted molar refractivity (Wildman–Crippen MR) is 114 cm³/mol. The fourth-order valence-corrected chi connectivity index (χ4v) is 3.86. The molecule has 0 radical (unpaired) electrons. The monoisotopic (exact) mass is 454 g/mol. The van der Waals surface area contributed by atoms with Crippen LogP contribution >= 0.6 is 23.2 Å². The Morgan fingerprint density at radius 2 is 2.07 bits per heavy atom. The highest BCUT2D eigenvalue weighted by Crippen LogP contribution is 2.26. The minimum atomic E-state index is -0.478. The van der Waals surface area contributed by atoms with Gasteiger partial charge in [-0.2, -0.15) is 0 Å². The van der Waals surface area contributed by atoms with Gasteiger partial charge in [0.05, 0.1) is 34.8 Å². The molecule has 2 heterocycles. The summed E-state index contributed by atoms with van der Waals surface area (Å²) in [5, 5.41) is 8.93. The van der Waals surface area contributed by atoms with Gasteiger partial charge in [0.15, 0.2) is 0 Å². The molecule has 1 fully saturated rings. The summed E-state index contributed by atoms with van der Waals surface area (Å²) in [6.45, 7) is 2.99. The highest BCUT2D eigenvalue weighted by atomic mass is 35.5. The molecule has 1 saturated heterocycles. The van der Waals surface area contributed by atoms with Crippen molar-refractivity contribution in [2.24, 2.45) is 0 Å². The van der Waals surface area contributed by atoms with Crippen molar-refractivity contribution in [1.29, 1.82) is 0 Å². The van der Waals surface area contributed by atoms with Gasteiger partial charge in [0.1, 0.15) is 0 Å². The third-order valence-corrected chi connectivity index (χ3v) is 5.78. The maximum Gasteiger partial charge on any atom is 0.337 e. The smallest absolute Gasteiger partial charge is 0.337 e. The average molecular weight is 455 g/mol. The first-order valence-corrected chi connectivity index (χ1v) is 10.6. The minimum Gasteiger partial charge on any atom is -0.463 e. The molecule has 2 aliphatic rings. The molecule has 2 aliphatic heterocycles. The number of carbonyl (C=O) groups is 3. The van der Waals surface area contributed by atoms with Gasteiger partial charge < -0.3 is 20.7 Å². The number of nitrogens with one attached hydrogen (secondary N) is 3. The van der Waals surface area contributed by atoms with Gasteiger partial charge in [-0.15, -0.1) is 0 Å². The Hall–Kier alpha value is -2.29. The summed E-state index contributed by atoms with van der Waals surface area (Å²) in [6, 6.07) is 4.12. The number of nitrogens with zero attached hydrogens (tertiary/aromatic N) is 1. The summed E-state index contributed by atoms with van der Waals surface area (Å²) in [4.78, 5) is 39.0. The van der Waals surface area contributed by atoms with Gasteiger partial charge in [0.25, 0.3) is 0 Å². The zero-order valence-electron chi connectivity index (χ0n) is 16.6. The zero-order chi connectivity index (χ0) is 21.7.